The number of benzene rings is 2. The maximum atomic E-state index is 13.9. The molecule has 2 heterocycles. The van der Waals surface area contributed by atoms with Crippen LogP contribution in [0.5, 0.6) is 0 Å². The molecule has 0 unspecified atom stereocenters. The van der Waals surface area contributed by atoms with Crippen LogP contribution in [0.2, 0.25) is 5.02 Å². The van der Waals surface area contributed by atoms with Crippen LogP contribution in [-0.4, -0.2) is 41.7 Å². The summed E-state index contributed by atoms with van der Waals surface area (Å²) in [7, 11) is -3.61. The predicted molar refractivity (Wildman–Crippen MR) is 128 cm³/mol. The van der Waals surface area contributed by atoms with Crippen molar-refractivity contribution in [1.29, 1.82) is 0 Å². The van der Waals surface area contributed by atoms with E-state index in [4.69, 9.17) is 11.6 Å². The summed E-state index contributed by atoms with van der Waals surface area (Å²) in [6, 6.07) is 6.44. The van der Waals surface area contributed by atoms with Crippen molar-refractivity contribution in [2.24, 2.45) is 0 Å². The standard InChI is InChI=1S/C24H25ClF3N3O3S/c1-2-35(33,34)22-7-6-18(25)10-17(22)14-31-15-29-21-11-16(13-30-8-4-3-5-9-30)20(24(26,27)28)12-19(21)23(31)32/h6-7,10-12,15H,2-5,8-9,13-14H2,1H3. The lowest BCUT2D eigenvalue weighted by Crippen LogP contribution is -2.30. The average Bonchev–Trinajstić information content (AvgIpc) is 2.80. The van der Waals surface area contributed by atoms with Crippen LogP contribution in [0, 0.1) is 0 Å². The SMILES string of the molecule is CCS(=O)(=O)c1ccc(Cl)cc1Cn1cnc2cc(CN3CCCCC3)c(C(F)(F)F)cc2c1=O. The number of fused-ring (bicyclic) bond motifs is 1. The molecule has 0 atom stereocenters. The van der Waals surface area contributed by atoms with E-state index < -0.39 is 27.1 Å². The highest BCUT2D eigenvalue weighted by molar-refractivity contribution is 7.91. The van der Waals surface area contributed by atoms with Crippen LogP contribution >= 0.6 is 11.6 Å². The summed E-state index contributed by atoms with van der Waals surface area (Å²) in [6.45, 7) is 2.89. The number of rotatable bonds is 6. The van der Waals surface area contributed by atoms with E-state index in [0.717, 1.165) is 43.0 Å². The molecule has 0 saturated carbocycles. The molecular weight excluding hydrogens is 503 g/mol. The summed E-state index contributed by atoms with van der Waals surface area (Å²) in [6.07, 6.45) is -0.461. The molecule has 2 aromatic carbocycles. The number of hydrogen-bond donors (Lipinski definition) is 0. The van der Waals surface area contributed by atoms with Crippen molar-refractivity contribution in [3.8, 4) is 0 Å². The Morgan fingerprint density at radius 3 is 2.40 bits per heavy atom. The number of halogens is 4. The molecule has 11 heteroatoms. The Morgan fingerprint density at radius 1 is 1.03 bits per heavy atom. The molecule has 0 aliphatic carbocycles. The molecule has 4 rings (SSSR count). The van der Waals surface area contributed by atoms with Gasteiger partial charge < -0.3 is 0 Å². The van der Waals surface area contributed by atoms with Gasteiger partial charge in [0.1, 0.15) is 0 Å². The lowest BCUT2D eigenvalue weighted by molar-refractivity contribution is -0.138. The van der Waals surface area contributed by atoms with Gasteiger partial charge in [-0.3, -0.25) is 14.3 Å². The Balaban J connectivity index is 1.79. The van der Waals surface area contributed by atoms with Gasteiger partial charge in [-0.15, -0.1) is 0 Å². The minimum absolute atomic E-state index is 0.0178. The normalized spacial score (nSPS) is 15.6. The van der Waals surface area contributed by atoms with Crippen LogP contribution in [0.1, 0.15) is 42.9 Å². The average molecular weight is 528 g/mol. The molecule has 0 spiro atoms. The summed E-state index contributed by atoms with van der Waals surface area (Å²) < 4.78 is 68.0. The lowest BCUT2D eigenvalue weighted by atomic mass is 10.0. The van der Waals surface area contributed by atoms with E-state index in [1.54, 1.807) is 0 Å². The fourth-order valence-electron chi connectivity index (χ4n) is 4.43. The molecule has 1 aliphatic heterocycles. The maximum absolute atomic E-state index is 13.9. The molecule has 0 radical (unpaired) electrons. The number of piperidine rings is 1. The zero-order chi connectivity index (χ0) is 25.4. The van der Waals surface area contributed by atoms with Crippen LogP contribution in [-0.2, 0) is 29.1 Å². The summed E-state index contributed by atoms with van der Waals surface area (Å²) in [4.78, 5) is 19.4. The van der Waals surface area contributed by atoms with Gasteiger partial charge in [0, 0.05) is 11.6 Å². The summed E-state index contributed by atoms with van der Waals surface area (Å²) >= 11 is 6.05. The molecule has 1 aliphatic rings. The van der Waals surface area contributed by atoms with E-state index in [0.29, 0.717) is 0 Å². The highest BCUT2D eigenvalue weighted by atomic mass is 35.5. The van der Waals surface area contributed by atoms with Gasteiger partial charge >= 0.3 is 6.18 Å². The molecule has 1 fully saturated rings. The highest BCUT2D eigenvalue weighted by Crippen LogP contribution is 2.34. The van der Waals surface area contributed by atoms with Crippen LogP contribution in [0.3, 0.4) is 0 Å². The molecular formula is C24H25ClF3N3O3S. The first-order valence-electron chi connectivity index (χ1n) is 11.3. The van der Waals surface area contributed by atoms with Gasteiger partial charge in [-0.2, -0.15) is 13.2 Å². The predicted octanol–water partition coefficient (Wildman–Crippen LogP) is 4.90. The van der Waals surface area contributed by atoms with Gasteiger partial charge in [0.25, 0.3) is 5.56 Å². The first-order chi connectivity index (χ1) is 16.5. The Labute approximate surface area is 206 Å². The number of sulfone groups is 1. The summed E-state index contributed by atoms with van der Waals surface area (Å²) in [5, 5.41) is 0.0997. The number of nitrogens with zero attached hydrogens (tertiary/aromatic N) is 3. The topological polar surface area (TPSA) is 72.3 Å². The van der Waals surface area contributed by atoms with E-state index >= 15 is 0 Å². The van der Waals surface area contributed by atoms with Gasteiger partial charge in [0.05, 0.1) is 40.0 Å². The van der Waals surface area contributed by atoms with Crippen LogP contribution in [0.4, 0.5) is 13.2 Å². The number of alkyl halides is 3. The van der Waals surface area contributed by atoms with Crippen LogP contribution < -0.4 is 5.56 Å². The molecule has 188 valence electrons. The van der Waals surface area contributed by atoms with Crippen LogP contribution in [0.25, 0.3) is 10.9 Å². The third-order valence-corrected chi connectivity index (χ3v) is 8.34. The number of aromatic nitrogens is 2. The fraction of sp³-hybridized carbons (Fsp3) is 0.417. The molecule has 1 aromatic heterocycles. The van der Waals surface area contributed by atoms with Crippen molar-refractivity contribution in [3.63, 3.8) is 0 Å². The van der Waals surface area contributed by atoms with Gasteiger partial charge in [-0.25, -0.2) is 13.4 Å². The number of hydrogen-bond acceptors (Lipinski definition) is 5. The second-order valence-corrected chi connectivity index (χ2v) is 11.4. The zero-order valence-electron chi connectivity index (χ0n) is 19.1. The zero-order valence-corrected chi connectivity index (χ0v) is 20.7. The van der Waals surface area contributed by atoms with Crippen molar-refractivity contribution in [1.82, 2.24) is 14.5 Å². The Hall–Kier alpha value is -2.43. The second kappa shape index (κ2) is 9.91. The molecule has 0 amide bonds. The maximum Gasteiger partial charge on any atom is 0.416 e. The van der Waals surface area contributed by atoms with E-state index in [1.165, 1.54) is 37.5 Å². The van der Waals surface area contributed by atoms with E-state index in [-0.39, 0.29) is 50.8 Å². The monoisotopic (exact) mass is 527 g/mol. The third-order valence-electron chi connectivity index (χ3n) is 6.28. The first kappa shape index (κ1) is 25.7. The van der Waals surface area contributed by atoms with Crippen molar-refractivity contribution >= 4 is 32.3 Å². The van der Waals surface area contributed by atoms with Crippen molar-refractivity contribution < 1.29 is 21.6 Å². The molecule has 6 nitrogen and oxygen atoms in total. The van der Waals surface area contributed by atoms with Crippen molar-refractivity contribution in [2.45, 2.75) is 50.3 Å². The number of likely N-dealkylation sites (tertiary alicyclic amines) is 1. The van der Waals surface area contributed by atoms with Gasteiger partial charge in [-0.05, 0) is 67.4 Å². The molecule has 0 bridgehead atoms. The summed E-state index contributed by atoms with van der Waals surface area (Å²) in [5.74, 6) is -0.152. The summed E-state index contributed by atoms with van der Waals surface area (Å²) in [5.41, 5.74) is -1.03. The van der Waals surface area contributed by atoms with E-state index in [9.17, 15) is 26.4 Å². The first-order valence-corrected chi connectivity index (χ1v) is 13.4. The van der Waals surface area contributed by atoms with Crippen molar-refractivity contribution in [3.05, 3.63) is 68.7 Å². The Morgan fingerprint density at radius 2 is 1.74 bits per heavy atom. The molecule has 0 N–H and O–H groups in total. The van der Waals surface area contributed by atoms with Gasteiger partial charge in [0.2, 0.25) is 0 Å². The molecule has 1 saturated heterocycles. The van der Waals surface area contributed by atoms with E-state index in [2.05, 4.69) is 4.98 Å². The van der Waals surface area contributed by atoms with Crippen molar-refractivity contribution in [2.75, 3.05) is 18.8 Å². The quantitative estimate of drug-likeness (QED) is 0.456. The highest BCUT2D eigenvalue weighted by Gasteiger charge is 2.34. The Bertz CT molecular complexity index is 1420. The van der Waals surface area contributed by atoms with Gasteiger partial charge in [-0.1, -0.05) is 24.9 Å². The third kappa shape index (κ3) is 5.54. The molecule has 35 heavy (non-hydrogen) atoms. The minimum Gasteiger partial charge on any atom is -0.299 e. The fourth-order valence-corrected chi connectivity index (χ4v) is 5.73. The van der Waals surface area contributed by atoms with Gasteiger partial charge in [0.15, 0.2) is 9.84 Å². The smallest absolute Gasteiger partial charge is 0.299 e. The lowest BCUT2D eigenvalue weighted by Gasteiger charge is -2.27. The molecule has 3 aromatic rings. The largest absolute Gasteiger partial charge is 0.416 e. The minimum atomic E-state index is -4.64. The second-order valence-electron chi connectivity index (χ2n) is 8.69. The van der Waals surface area contributed by atoms with Crippen LogP contribution in [0.15, 0.2) is 46.3 Å². The Kier molecular flexibility index (Phi) is 7.26. The van der Waals surface area contributed by atoms with E-state index in [1.807, 2.05) is 4.90 Å².